The molecule has 0 atom stereocenters. The zero-order chi connectivity index (χ0) is 12.3. The van der Waals surface area contributed by atoms with Gasteiger partial charge in [-0.3, -0.25) is 0 Å². The van der Waals surface area contributed by atoms with Crippen LogP contribution in [0.25, 0.3) is 5.57 Å². The fourth-order valence-corrected chi connectivity index (χ4v) is 1.81. The zero-order valence-electron chi connectivity index (χ0n) is 9.73. The average molecular weight is 233 g/mol. The molecule has 17 heavy (non-hydrogen) atoms. The number of fused-ring (bicyclic) bond motifs is 1. The molecular formula is C13H15NO3. The largest absolute Gasteiger partial charge is 0.493 e. The molecule has 1 aliphatic rings. The van der Waals surface area contributed by atoms with E-state index >= 15 is 0 Å². The van der Waals surface area contributed by atoms with Crippen molar-refractivity contribution in [3.63, 3.8) is 0 Å². The minimum Gasteiger partial charge on any atom is -0.493 e. The zero-order valence-corrected chi connectivity index (χ0v) is 9.73. The number of hydrogen-bond acceptors (Lipinski definition) is 4. The maximum atomic E-state index is 11.4. The first-order valence-electron chi connectivity index (χ1n) is 5.60. The summed E-state index contributed by atoms with van der Waals surface area (Å²) in [5.74, 6) is 0.443. The number of carbonyl (C=O) groups is 1. The van der Waals surface area contributed by atoms with Crippen molar-refractivity contribution < 1.29 is 14.3 Å². The molecule has 1 aromatic rings. The van der Waals surface area contributed by atoms with Crippen LogP contribution in [-0.4, -0.2) is 19.2 Å². The highest BCUT2D eigenvalue weighted by molar-refractivity contribution is 5.93. The summed E-state index contributed by atoms with van der Waals surface area (Å²) in [5, 5.41) is 0. The van der Waals surface area contributed by atoms with Crippen LogP contribution in [0.1, 0.15) is 18.9 Å². The molecule has 4 nitrogen and oxygen atoms in total. The quantitative estimate of drug-likeness (QED) is 0.482. The Hall–Kier alpha value is -1.97. The number of nitrogen functional groups attached to an aromatic ring is 1. The first-order valence-corrected chi connectivity index (χ1v) is 5.60. The Bertz CT molecular complexity index is 466. The van der Waals surface area contributed by atoms with E-state index in [2.05, 4.69) is 0 Å². The van der Waals surface area contributed by atoms with Gasteiger partial charge >= 0.3 is 5.97 Å². The summed E-state index contributed by atoms with van der Waals surface area (Å²) in [5.41, 5.74) is 8.18. The number of anilines is 1. The number of nitrogens with two attached hydrogens (primary N) is 1. The van der Waals surface area contributed by atoms with Crippen molar-refractivity contribution >= 4 is 17.2 Å². The predicted molar refractivity (Wildman–Crippen MR) is 65.6 cm³/mol. The van der Waals surface area contributed by atoms with Gasteiger partial charge in [0.05, 0.1) is 13.2 Å². The summed E-state index contributed by atoms with van der Waals surface area (Å²) < 4.78 is 10.4. The third-order valence-electron chi connectivity index (χ3n) is 2.56. The second-order valence-electron chi connectivity index (χ2n) is 3.78. The minimum absolute atomic E-state index is 0.322. The molecule has 2 N–H and O–H groups in total. The first-order chi connectivity index (χ1) is 8.20. The molecule has 0 saturated carbocycles. The van der Waals surface area contributed by atoms with E-state index < -0.39 is 0 Å². The molecule has 90 valence electrons. The Balaban J connectivity index is 2.33. The Labute approximate surface area is 100 Å². The smallest absolute Gasteiger partial charge is 0.331 e. The minimum atomic E-state index is -0.322. The maximum absolute atomic E-state index is 11.4. The maximum Gasteiger partial charge on any atom is 0.331 e. The molecule has 1 aliphatic heterocycles. The highest BCUT2D eigenvalue weighted by atomic mass is 16.5. The molecule has 0 saturated heterocycles. The number of hydrogen-bond donors (Lipinski definition) is 1. The van der Waals surface area contributed by atoms with Gasteiger partial charge in [0.2, 0.25) is 0 Å². The van der Waals surface area contributed by atoms with Crippen molar-refractivity contribution in [1.29, 1.82) is 0 Å². The van der Waals surface area contributed by atoms with E-state index in [1.165, 1.54) is 6.08 Å². The van der Waals surface area contributed by atoms with E-state index in [-0.39, 0.29) is 5.97 Å². The average Bonchev–Trinajstić information content (AvgIpc) is 2.30. The van der Waals surface area contributed by atoms with E-state index in [1.807, 2.05) is 12.1 Å². The lowest BCUT2D eigenvalue weighted by atomic mass is 9.99. The Kier molecular flexibility index (Phi) is 3.32. The normalized spacial score (nSPS) is 16.2. The molecule has 0 amide bonds. The molecule has 2 rings (SSSR count). The number of carbonyl (C=O) groups excluding carboxylic acids is 1. The summed E-state index contributed by atoms with van der Waals surface area (Å²) in [6.07, 6.45) is 2.21. The topological polar surface area (TPSA) is 61.5 Å². The fraction of sp³-hybridized carbons (Fsp3) is 0.308. The van der Waals surface area contributed by atoms with Crippen LogP contribution >= 0.6 is 0 Å². The van der Waals surface area contributed by atoms with Gasteiger partial charge in [-0.15, -0.1) is 0 Å². The summed E-state index contributed by atoms with van der Waals surface area (Å²) in [4.78, 5) is 11.4. The lowest BCUT2D eigenvalue weighted by molar-refractivity contribution is -0.137. The van der Waals surface area contributed by atoms with E-state index in [1.54, 1.807) is 13.0 Å². The van der Waals surface area contributed by atoms with Crippen LogP contribution in [0.15, 0.2) is 24.3 Å². The summed E-state index contributed by atoms with van der Waals surface area (Å²) in [7, 11) is 0. The van der Waals surface area contributed by atoms with Crippen molar-refractivity contribution in [3.05, 3.63) is 29.8 Å². The van der Waals surface area contributed by atoms with Crippen molar-refractivity contribution in [1.82, 2.24) is 0 Å². The van der Waals surface area contributed by atoms with Crippen LogP contribution < -0.4 is 10.5 Å². The number of benzene rings is 1. The Morgan fingerprint density at radius 3 is 3.18 bits per heavy atom. The van der Waals surface area contributed by atoms with Gasteiger partial charge in [0.1, 0.15) is 5.75 Å². The van der Waals surface area contributed by atoms with Crippen LogP contribution in [-0.2, 0) is 9.53 Å². The molecule has 1 heterocycles. The van der Waals surface area contributed by atoms with Gasteiger partial charge in [-0.05, 0) is 30.7 Å². The monoisotopic (exact) mass is 233 g/mol. The van der Waals surface area contributed by atoms with Crippen molar-refractivity contribution in [2.75, 3.05) is 18.9 Å². The standard InChI is InChI=1S/C13H15NO3/c1-2-16-13(15)7-9-5-6-17-12-4-3-10(14)8-11(9)12/h3-4,7-8H,2,5-6,14H2,1H3/b9-7+. The van der Waals surface area contributed by atoms with Crippen LogP contribution in [0.3, 0.4) is 0 Å². The van der Waals surface area contributed by atoms with Crippen LogP contribution in [0.4, 0.5) is 5.69 Å². The molecule has 0 spiro atoms. The SMILES string of the molecule is CCOC(=O)/C=C1\CCOc2ccc(N)cc21. The fourth-order valence-electron chi connectivity index (χ4n) is 1.81. The molecule has 0 bridgehead atoms. The first kappa shape index (κ1) is 11.5. The summed E-state index contributed by atoms with van der Waals surface area (Å²) in [6.45, 7) is 2.73. The lowest BCUT2D eigenvalue weighted by Gasteiger charge is -2.20. The molecule has 4 heteroatoms. The van der Waals surface area contributed by atoms with Crippen LogP contribution in [0.2, 0.25) is 0 Å². The lowest BCUT2D eigenvalue weighted by Crippen LogP contribution is -2.10. The predicted octanol–water partition coefficient (Wildman–Crippen LogP) is 2.00. The number of ether oxygens (including phenoxy) is 2. The van der Waals surface area contributed by atoms with E-state index in [0.29, 0.717) is 25.3 Å². The summed E-state index contributed by atoms with van der Waals surface area (Å²) >= 11 is 0. The van der Waals surface area contributed by atoms with Crippen molar-refractivity contribution in [2.45, 2.75) is 13.3 Å². The summed E-state index contributed by atoms with van der Waals surface area (Å²) in [6, 6.07) is 5.43. The van der Waals surface area contributed by atoms with Gasteiger partial charge in [-0.25, -0.2) is 4.79 Å². The Morgan fingerprint density at radius 1 is 1.59 bits per heavy atom. The van der Waals surface area contributed by atoms with E-state index in [9.17, 15) is 4.79 Å². The van der Waals surface area contributed by atoms with Crippen molar-refractivity contribution in [2.24, 2.45) is 0 Å². The second-order valence-corrected chi connectivity index (χ2v) is 3.78. The highest BCUT2D eigenvalue weighted by Crippen LogP contribution is 2.34. The second kappa shape index (κ2) is 4.91. The van der Waals surface area contributed by atoms with Gasteiger partial charge in [0, 0.05) is 23.7 Å². The van der Waals surface area contributed by atoms with Gasteiger partial charge in [-0.1, -0.05) is 0 Å². The molecule has 1 aromatic carbocycles. The highest BCUT2D eigenvalue weighted by Gasteiger charge is 2.16. The molecule has 0 fully saturated rings. The Morgan fingerprint density at radius 2 is 2.41 bits per heavy atom. The van der Waals surface area contributed by atoms with Gasteiger partial charge < -0.3 is 15.2 Å². The van der Waals surface area contributed by atoms with Gasteiger partial charge in [0.15, 0.2) is 0 Å². The van der Waals surface area contributed by atoms with Gasteiger partial charge in [-0.2, -0.15) is 0 Å². The third-order valence-corrected chi connectivity index (χ3v) is 2.56. The molecular weight excluding hydrogens is 218 g/mol. The number of rotatable bonds is 2. The number of esters is 1. The van der Waals surface area contributed by atoms with Crippen LogP contribution in [0.5, 0.6) is 5.75 Å². The van der Waals surface area contributed by atoms with Gasteiger partial charge in [0.25, 0.3) is 0 Å². The molecule has 0 radical (unpaired) electrons. The molecule has 0 aliphatic carbocycles. The van der Waals surface area contributed by atoms with Crippen molar-refractivity contribution in [3.8, 4) is 5.75 Å². The van der Waals surface area contributed by atoms with E-state index in [0.717, 1.165) is 16.9 Å². The van der Waals surface area contributed by atoms with Crippen LogP contribution in [0, 0.1) is 0 Å². The van der Waals surface area contributed by atoms with E-state index in [4.69, 9.17) is 15.2 Å². The molecule has 0 unspecified atom stereocenters. The third kappa shape index (κ3) is 2.58. The molecule has 0 aromatic heterocycles.